The van der Waals surface area contributed by atoms with Crippen LogP contribution < -0.4 is 33.3 Å². The third kappa shape index (κ3) is 9.13. The van der Waals surface area contributed by atoms with Gasteiger partial charge in [-0.25, -0.2) is 0 Å². The average Bonchev–Trinajstić information content (AvgIpc) is 3.17. The lowest BCUT2D eigenvalue weighted by molar-refractivity contribution is -0.137. The summed E-state index contributed by atoms with van der Waals surface area (Å²) < 4.78 is 44.9. The molecule has 1 aliphatic carbocycles. The second kappa shape index (κ2) is 14.0. The number of alkyl halides is 3. The number of hydrogen-bond donors (Lipinski definition) is 6. The van der Waals surface area contributed by atoms with E-state index in [1.165, 1.54) is 12.1 Å². The summed E-state index contributed by atoms with van der Waals surface area (Å²) in [5, 5.41) is 15.9. The first-order valence-corrected chi connectivity index (χ1v) is 15.1. The topological polar surface area (TPSA) is 183 Å². The highest BCUT2D eigenvalue weighted by molar-refractivity contribution is 6.62. The van der Waals surface area contributed by atoms with Crippen LogP contribution in [0.2, 0.25) is 0 Å². The third-order valence-electron chi connectivity index (χ3n) is 8.41. The molecule has 0 radical (unpaired) electrons. The van der Waals surface area contributed by atoms with Gasteiger partial charge in [-0.05, 0) is 80.2 Å². The van der Waals surface area contributed by atoms with Crippen molar-refractivity contribution in [1.29, 1.82) is 0 Å². The summed E-state index contributed by atoms with van der Waals surface area (Å²) in [6.07, 6.45) is -2.87. The maximum absolute atomic E-state index is 13.5. The molecule has 5 atom stereocenters. The number of carbonyl (C=O) groups excluding carboxylic acids is 3. The van der Waals surface area contributed by atoms with Crippen molar-refractivity contribution in [3.05, 3.63) is 64.7 Å². The van der Waals surface area contributed by atoms with E-state index in [-0.39, 0.29) is 49.7 Å². The van der Waals surface area contributed by atoms with E-state index in [1.807, 2.05) is 13.8 Å². The molecule has 0 saturated heterocycles. The van der Waals surface area contributed by atoms with Crippen LogP contribution in [0.5, 0.6) is 0 Å². The van der Waals surface area contributed by atoms with E-state index in [1.54, 1.807) is 18.2 Å². The number of halogens is 3. The first kappa shape index (κ1) is 34.6. The summed E-state index contributed by atoms with van der Waals surface area (Å²) in [4.78, 5) is 39.2. The first-order chi connectivity index (χ1) is 21.0. The Bertz CT molecular complexity index is 1380. The minimum atomic E-state index is -4.52. The van der Waals surface area contributed by atoms with Crippen molar-refractivity contribution >= 4 is 30.2 Å². The predicted molar refractivity (Wildman–Crippen MR) is 163 cm³/mol. The second-order valence-corrected chi connectivity index (χ2v) is 12.6. The van der Waals surface area contributed by atoms with E-state index in [2.05, 4.69) is 10.6 Å². The number of Topliss-reactive ketones (excluding diaryl/α,β-unsaturated/α-hetero) is 1. The highest BCUT2D eigenvalue weighted by Gasteiger charge is 2.40. The highest BCUT2D eigenvalue weighted by Crippen LogP contribution is 2.31. The smallest absolute Gasteiger partial charge is 0.423 e. The molecule has 2 aromatic rings. The molecule has 4 rings (SSSR count). The van der Waals surface area contributed by atoms with Crippen LogP contribution in [-0.2, 0) is 43.7 Å². The Morgan fingerprint density at radius 1 is 1.04 bits per heavy atom. The summed E-state index contributed by atoms with van der Waals surface area (Å²) in [5.74, 6) is -1.38. The van der Waals surface area contributed by atoms with E-state index >= 15 is 0 Å². The van der Waals surface area contributed by atoms with Crippen LogP contribution >= 0.6 is 0 Å². The Morgan fingerprint density at radius 2 is 1.67 bits per heavy atom. The molecule has 2 amide bonds. The van der Waals surface area contributed by atoms with Crippen LogP contribution in [0.4, 0.5) is 13.2 Å². The highest BCUT2D eigenvalue weighted by atomic mass is 19.4. The van der Waals surface area contributed by atoms with Gasteiger partial charge in [-0.2, -0.15) is 13.2 Å². The van der Waals surface area contributed by atoms with E-state index in [0.29, 0.717) is 35.9 Å². The molecule has 45 heavy (non-hydrogen) atoms. The lowest BCUT2D eigenvalue weighted by atomic mass is 9.77. The van der Waals surface area contributed by atoms with Gasteiger partial charge in [-0.3, -0.25) is 14.4 Å². The summed E-state index contributed by atoms with van der Waals surface area (Å²) in [7, 11) is -1.16. The maximum atomic E-state index is 13.5. The lowest BCUT2D eigenvalue weighted by Crippen LogP contribution is -2.51. The lowest BCUT2D eigenvalue weighted by Gasteiger charge is -2.31. The standard InChI is InChI=1S/C31H41BF3N5O5/c1-30(2)23-8-5-18(11-24(23)32(44)45-30)13-27(41)26(12-17-3-6-19(7-4-17)31(33,34)35)40-29(43)25(38)9-10-28(42)39-22-15-20(36)14-21(37)16-22/h3-8,11,20-22,25-26,44H,9-10,12-16,36-38H2,1-2H3,(H,39,42)(H,40,43)/t20-,21+,22?,25-,26+/m0/s1. The molecule has 1 aliphatic heterocycles. The normalized spacial score (nSPS) is 22.3. The number of ketones is 1. The van der Waals surface area contributed by atoms with Crippen molar-refractivity contribution < 1.29 is 37.2 Å². The van der Waals surface area contributed by atoms with Crippen molar-refractivity contribution in [2.75, 3.05) is 0 Å². The fourth-order valence-corrected chi connectivity index (χ4v) is 6.04. The predicted octanol–water partition coefficient (Wildman–Crippen LogP) is 0.928. The van der Waals surface area contributed by atoms with Gasteiger partial charge in [0.05, 0.1) is 23.2 Å². The molecule has 1 saturated carbocycles. The Morgan fingerprint density at radius 3 is 2.29 bits per heavy atom. The van der Waals surface area contributed by atoms with Gasteiger partial charge < -0.3 is 37.5 Å². The number of benzene rings is 2. The van der Waals surface area contributed by atoms with Gasteiger partial charge in [0, 0.05) is 31.0 Å². The number of fused-ring (bicyclic) bond motifs is 1. The molecule has 1 fully saturated rings. The summed E-state index contributed by atoms with van der Waals surface area (Å²) in [5.41, 5.74) is 18.8. The fraction of sp³-hybridized carbons (Fsp3) is 0.516. The van der Waals surface area contributed by atoms with E-state index in [4.69, 9.17) is 21.9 Å². The van der Waals surface area contributed by atoms with Crippen molar-refractivity contribution in [1.82, 2.24) is 10.6 Å². The molecule has 0 spiro atoms. The molecule has 14 heteroatoms. The number of rotatable bonds is 11. The van der Waals surface area contributed by atoms with Gasteiger partial charge in [0.25, 0.3) is 0 Å². The van der Waals surface area contributed by atoms with Crippen LogP contribution in [-0.4, -0.2) is 59.9 Å². The van der Waals surface area contributed by atoms with Gasteiger partial charge >= 0.3 is 13.3 Å². The van der Waals surface area contributed by atoms with Crippen molar-refractivity contribution in [3.63, 3.8) is 0 Å². The zero-order valence-electron chi connectivity index (χ0n) is 25.4. The molecule has 2 aliphatic rings. The van der Waals surface area contributed by atoms with Crippen LogP contribution in [0.25, 0.3) is 0 Å². The zero-order chi connectivity index (χ0) is 33.1. The molecule has 1 unspecified atom stereocenters. The largest absolute Gasteiger partial charge is 0.492 e. The molecular formula is C31H41BF3N5O5. The zero-order valence-corrected chi connectivity index (χ0v) is 25.4. The number of nitrogens with one attached hydrogen (secondary N) is 2. The molecule has 10 nitrogen and oxygen atoms in total. The van der Waals surface area contributed by atoms with Crippen LogP contribution in [0, 0.1) is 0 Å². The molecule has 2 aromatic carbocycles. The van der Waals surface area contributed by atoms with Crippen LogP contribution in [0.3, 0.4) is 0 Å². The minimum Gasteiger partial charge on any atom is -0.423 e. The molecule has 0 aromatic heterocycles. The van der Waals surface area contributed by atoms with Crippen molar-refractivity contribution in [2.45, 2.75) is 101 Å². The minimum absolute atomic E-state index is 0.00216. The Labute approximate surface area is 260 Å². The van der Waals surface area contributed by atoms with E-state index < -0.39 is 48.2 Å². The third-order valence-corrected chi connectivity index (χ3v) is 8.41. The van der Waals surface area contributed by atoms with Gasteiger partial charge in [-0.1, -0.05) is 30.3 Å². The van der Waals surface area contributed by atoms with Crippen LogP contribution in [0.15, 0.2) is 42.5 Å². The first-order valence-electron chi connectivity index (χ1n) is 15.1. The van der Waals surface area contributed by atoms with Gasteiger partial charge in [-0.15, -0.1) is 0 Å². The number of hydrogen-bond acceptors (Lipinski definition) is 8. The molecule has 244 valence electrons. The van der Waals surface area contributed by atoms with Gasteiger partial charge in [0.1, 0.15) is 0 Å². The van der Waals surface area contributed by atoms with E-state index in [9.17, 15) is 32.6 Å². The van der Waals surface area contributed by atoms with Gasteiger partial charge in [0.2, 0.25) is 11.8 Å². The number of amides is 2. The Kier molecular flexibility index (Phi) is 10.8. The number of nitrogens with two attached hydrogens (primary N) is 3. The SMILES string of the molecule is CC1(C)OB(O)c2cc(CC(=O)[C@@H](Cc3ccc(C(F)(F)F)cc3)NC(=O)[C@@H](N)CCC(=O)NC3C[C@@H](N)C[C@@H](N)C3)ccc21. The average molecular weight is 632 g/mol. The summed E-state index contributed by atoms with van der Waals surface area (Å²) in [6.45, 7) is 3.63. The molecule has 1 heterocycles. The maximum Gasteiger partial charge on any atom is 0.492 e. The Hall–Kier alpha value is -3.30. The molecule has 0 bridgehead atoms. The monoisotopic (exact) mass is 631 g/mol. The number of carbonyl (C=O) groups is 3. The quantitative estimate of drug-likeness (QED) is 0.198. The van der Waals surface area contributed by atoms with Crippen molar-refractivity contribution in [2.24, 2.45) is 17.2 Å². The molecular weight excluding hydrogens is 590 g/mol. The fourth-order valence-electron chi connectivity index (χ4n) is 6.04. The summed E-state index contributed by atoms with van der Waals surface area (Å²) >= 11 is 0. The summed E-state index contributed by atoms with van der Waals surface area (Å²) in [6, 6.07) is 6.90. The van der Waals surface area contributed by atoms with E-state index in [0.717, 1.165) is 17.7 Å². The Balaban J connectivity index is 1.42. The van der Waals surface area contributed by atoms with Crippen molar-refractivity contribution in [3.8, 4) is 0 Å². The second-order valence-electron chi connectivity index (χ2n) is 12.6. The molecule has 9 N–H and O–H groups in total. The van der Waals surface area contributed by atoms with Gasteiger partial charge in [0.15, 0.2) is 5.78 Å². The van der Waals surface area contributed by atoms with Crippen LogP contribution in [0.1, 0.15) is 68.2 Å².